The molecule has 49 heavy (non-hydrogen) atoms. The van der Waals surface area contributed by atoms with Crippen molar-refractivity contribution in [1.29, 1.82) is 0 Å². The summed E-state index contributed by atoms with van der Waals surface area (Å²) in [5.41, 5.74) is 4.80. The molecule has 4 aromatic carbocycles. The van der Waals surface area contributed by atoms with Crippen LogP contribution in [0, 0.1) is 0 Å². The predicted molar refractivity (Wildman–Crippen MR) is 183 cm³/mol. The molecule has 2 aliphatic rings. The zero-order valence-corrected chi connectivity index (χ0v) is 27.6. The molecule has 2 N–H and O–H groups in total. The lowest BCUT2D eigenvalue weighted by atomic mass is 9.99. The fourth-order valence-electron chi connectivity index (χ4n) is 6.23. The number of amides is 3. The summed E-state index contributed by atoms with van der Waals surface area (Å²) in [6.45, 7) is 2.80. The first-order chi connectivity index (χ1) is 23.8. The van der Waals surface area contributed by atoms with E-state index in [0.717, 1.165) is 21.6 Å². The van der Waals surface area contributed by atoms with Gasteiger partial charge in [-0.3, -0.25) is 14.5 Å². The van der Waals surface area contributed by atoms with Gasteiger partial charge in [0, 0.05) is 24.6 Å². The molecule has 0 aliphatic carbocycles. The maximum Gasteiger partial charge on any atom is 0.408 e. The standard InChI is InChI=1S/C39H41N3O7/c1-26(29-12-7-4-8-13-29)41(2)23-33-21-35(30-18-16-27(24-43)17-19-30)49-38(48-33)31-14-9-15-32(20-31)42-36(44)22-34(37(42)45)40-39(46)47-25-28-10-5-3-6-11-28/h3-20,26,33-35,38,43H,21-25H2,1-2H3,(H,40,46)/t26-,33+,34?,35-,38-/m0/s1. The quantitative estimate of drug-likeness (QED) is 0.189. The summed E-state index contributed by atoms with van der Waals surface area (Å²) in [4.78, 5) is 42.3. The molecule has 0 spiro atoms. The number of nitrogens with one attached hydrogen (secondary N) is 1. The molecule has 2 saturated heterocycles. The Morgan fingerprint density at radius 3 is 2.35 bits per heavy atom. The minimum atomic E-state index is -1.04. The lowest BCUT2D eigenvalue weighted by Crippen LogP contribution is -2.42. The number of aliphatic hydroxyl groups is 1. The maximum absolute atomic E-state index is 13.4. The molecule has 10 nitrogen and oxygen atoms in total. The number of imide groups is 1. The highest BCUT2D eigenvalue weighted by molar-refractivity contribution is 6.22. The van der Waals surface area contributed by atoms with Crippen molar-refractivity contribution < 1.29 is 33.7 Å². The van der Waals surface area contributed by atoms with E-state index >= 15 is 0 Å². The maximum atomic E-state index is 13.4. The van der Waals surface area contributed by atoms with Crippen LogP contribution in [-0.4, -0.2) is 53.7 Å². The van der Waals surface area contributed by atoms with Crippen molar-refractivity contribution in [3.63, 3.8) is 0 Å². The first-order valence-electron chi connectivity index (χ1n) is 16.5. The Hall–Kier alpha value is -4.87. The summed E-state index contributed by atoms with van der Waals surface area (Å²) in [6.07, 6.45) is -1.63. The average molecular weight is 664 g/mol. The summed E-state index contributed by atoms with van der Waals surface area (Å²) in [5, 5.41) is 12.1. The first-order valence-corrected chi connectivity index (χ1v) is 16.5. The van der Waals surface area contributed by atoms with Crippen LogP contribution in [0.15, 0.2) is 109 Å². The molecule has 254 valence electrons. The van der Waals surface area contributed by atoms with Gasteiger partial charge in [-0.25, -0.2) is 9.69 Å². The number of alkyl carbamates (subject to hydrolysis) is 1. The Morgan fingerprint density at radius 1 is 0.918 bits per heavy atom. The van der Waals surface area contributed by atoms with Gasteiger partial charge in [0.25, 0.3) is 5.91 Å². The van der Waals surface area contributed by atoms with Gasteiger partial charge in [-0.1, -0.05) is 97.1 Å². The third-order valence-corrected chi connectivity index (χ3v) is 9.10. The van der Waals surface area contributed by atoms with Crippen molar-refractivity contribution in [3.05, 3.63) is 137 Å². The van der Waals surface area contributed by atoms with E-state index < -0.39 is 30.2 Å². The van der Waals surface area contributed by atoms with E-state index in [4.69, 9.17) is 14.2 Å². The lowest BCUT2D eigenvalue weighted by molar-refractivity contribution is -0.253. The van der Waals surface area contributed by atoms with Gasteiger partial charge in [0.05, 0.1) is 30.9 Å². The highest BCUT2D eigenvalue weighted by atomic mass is 16.7. The van der Waals surface area contributed by atoms with Crippen LogP contribution in [0.25, 0.3) is 0 Å². The van der Waals surface area contributed by atoms with E-state index in [2.05, 4.69) is 36.3 Å². The van der Waals surface area contributed by atoms with Gasteiger partial charge in [0.1, 0.15) is 12.6 Å². The van der Waals surface area contributed by atoms with Crippen molar-refractivity contribution in [2.45, 2.75) is 63.6 Å². The van der Waals surface area contributed by atoms with E-state index in [-0.39, 0.29) is 37.9 Å². The number of nitrogens with zero attached hydrogens (tertiary/aromatic N) is 2. The molecular formula is C39H41N3O7. The minimum absolute atomic E-state index is 0.0448. The Kier molecular flexibility index (Phi) is 10.8. The fourth-order valence-corrected chi connectivity index (χ4v) is 6.23. The van der Waals surface area contributed by atoms with Crippen molar-refractivity contribution in [3.8, 4) is 0 Å². The second-order valence-electron chi connectivity index (χ2n) is 12.5. The summed E-state index contributed by atoms with van der Waals surface area (Å²) in [7, 11) is 2.07. The van der Waals surface area contributed by atoms with E-state index in [0.29, 0.717) is 24.2 Å². The number of benzene rings is 4. The van der Waals surface area contributed by atoms with Crippen LogP contribution >= 0.6 is 0 Å². The van der Waals surface area contributed by atoms with Crippen LogP contribution in [0.3, 0.4) is 0 Å². The van der Waals surface area contributed by atoms with Crippen molar-refractivity contribution in [2.75, 3.05) is 18.5 Å². The second kappa shape index (κ2) is 15.6. The molecule has 0 aromatic heterocycles. The Labute approximate surface area is 286 Å². The molecule has 0 radical (unpaired) electrons. The zero-order valence-electron chi connectivity index (χ0n) is 27.6. The summed E-state index contributed by atoms with van der Waals surface area (Å²) < 4.78 is 18.4. The average Bonchev–Trinajstić information content (AvgIpc) is 3.42. The molecule has 2 fully saturated rings. The third kappa shape index (κ3) is 8.23. The highest BCUT2D eigenvalue weighted by Crippen LogP contribution is 2.39. The number of rotatable bonds is 11. The largest absolute Gasteiger partial charge is 0.445 e. The number of carbonyl (C=O) groups is 3. The Morgan fingerprint density at radius 2 is 1.63 bits per heavy atom. The first kappa shape index (κ1) is 34.0. The molecule has 6 rings (SSSR count). The molecule has 10 heteroatoms. The molecule has 5 atom stereocenters. The normalized spacial score (nSPS) is 21.5. The number of carbonyl (C=O) groups excluding carboxylic acids is 3. The predicted octanol–water partition coefficient (Wildman–Crippen LogP) is 5.98. The molecule has 2 aliphatic heterocycles. The van der Waals surface area contributed by atoms with E-state index in [9.17, 15) is 19.5 Å². The van der Waals surface area contributed by atoms with Crippen LogP contribution in [0.5, 0.6) is 0 Å². The Balaban J connectivity index is 1.17. The molecule has 1 unspecified atom stereocenters. The topological polar surface area (TPSA) is 118 Å². The van der Waals surface area contributed by atoms with Crippen LogP contribution < -0.4 is 10.2 Å². The third-order valence-electron chi connectivity index (χ3n) is 9.10. The molecule has 2 heterocycles. The van der Waals surface area contributed by atoms with Crippen molar-refractivity contribution in [2.24, 2.45) is 0 Å². The summed E-state index contributed by atoms with van der Waals surface area (Å²) >= 11 is 0. The van der Waals surface area contributed by atoms with Crippen molar-refractivity contribution >= 4 is 23.6 Å². The second-order valence-corrected chi connectivity index (χ2v) is 12.5. The highest BCUT2D eigenvalue weighted by Gasteiger charge is 2.41. The fraction of sp³-hybridized carbons (Fsp3) is 0.308. The van der Waals surface area contributed by atoms with Gasteiger partial charge in [0.2, 0.25) is 5.91 Å². The summed E-state index contributed by atoms with van der Waals surface area (Å²) in [5.74, 6) is -0.974. The van der Waals surface area contributed by atoms with Gasteiger partial charge in [-0.05, 0) is 48.4 Å². The smallest absolute Gasteiger partial charge is 0.408 e. The number of anilines is 1. The van der Waals surface area contributed by atoms with E-state index in [1.54, 1.807) is 18.2 Å². The van der Waals surface area contributed by atoms with Gasteiger partial charge >= 0.3 is 6.09 Å². The van der Waals surface area contributed by atoms with E-state index in [1.807, 2.05) is 78.9 Å². The van der Waals surface area contributed by atoms with Gasteiger partial charge in [0.15, 0.2) is 6.29 Å². The molecule has 0 bridgehead atoms. The van der Waals surface area contributed by atoms with Gasteiger partial charge in [-0.2, -0.15) is 0 Å². The van der Waals surface area contributed by atoms with Crippen LogP contribution in [0.4, 0.5) is 10.5 Å². The van der Waals surface area contributed by atoms with Crippen LogP contribution in [0.1, 0.15) is 66.0 Å². The van der Waals surface area contributed by atoms with Crippen LogP contribution in [-0.2, 0) is 37.0 Å². The molecule has 3 amide bonds. The van der Waals surface area contributed by atoms with Crippen LogP contribution in [0.2, 0.25) is 0 Å². The van der Waals surface area contributed by atoms with Gasteiger partial charge < -0.3 is 24.6 Å². The molecule has 0 saturated carbocycles. The number of aliphatic hydroxyl groups excluding tert-OH is 1. The molecule has 4 aromatic rings. The SMILES string of the molecule is C[C@@H](c1ccccc1)N(C)C[C@H]1C[C@@H](c2ccc(CO)cc2)O[C@@H](c2cccc(N3C(=O)CC(NC(=O)OCc4ccccc4)C3=O)c2)O1. The molecular weight excluding hydrogens is 622 g/mol. The number of ether oxygens (including phenoxy) is 3. The monoisotopic (exact) mass is 663 g/mol. The van der Waals surface area contributed by atoms with E-state index in [1.165, 1.54) is 5.56 Å². The number of hydrogen-bond acceptors (Lipinski definition) is 8. The number of likely N-dealkylation sites (N-methyl/N-ethyl adjacent to an activating group) is 1. The summed E-state index contributed by atoms with van der Waals surface area (Å²) in [6, 6.07) is 33.3. The van der Waals surface area contributed by atoms with Gasteiger partial charge in [-0.15, -0.1) is 0 Å². The van der Waals surface area contributed by atoms with Crippen molar-refractivity contribution in [1.82, 2.24) is 10.2 Å². The Bertz CT molecular complexity index is 1730. The minimum Gasteiger partial charge on any atom is -0.445 e. The lowest BCUT2D eigenvalue weighted by Gasteiger charge is -2.39. The zero-order chi connectivity index (χ0) is 34.3. The number of hydrogen-bond donors (Lipinski definition) is 2.